The summed E-state index contributed by atoms with van der Waals surface area (Å²) in [7, 11) is 0. The average Bonchev–Trinajstić information content (AvgIpc) is 2.77. The lowest BCUT2D eigenvalue weighted by Gasteiger charge is -2.13. The van der Waals surface area contributed by atoms with Crippen molar-refractivity contribution in [3.8, 4) is 0 Å². The fourth-order valence-electron chi connectivity index (χ4n) is 3.29. The predicted molar refractivity (Wildman–Crippen MR) is 52.8 cm³/mol. The molecule has 2 unspecified atom stereocenters. The summed E-state index contributed by atoms with van der Waals surface area (Å²) in [6, 6.07) is 1.96. The minimum Gasteiger partial charge on any atom is -0.469 e. The molecule has 1 aromatic heterocycles. The van der Waals surface area contributed by atoms with Crippen LogP contribution in [-0.2, 0) is 12.0 Å². The summed E-state index contributed by atoms with van der Waals surface area (Å²) in [6.07, 6.45) is 6.26. The van der Waals surface area contributed by atoms with Crippen LogP contribution in [0.5, 0.6) is 0 Å². The maximum Gasteiger partial charge on any atom is 0.109 e. The average molecular weight is 192 g/mol. The molecule has 2 nitrogen and oxygen atoms in total. The Labute approximate surface area is 83.9 Å². The molecule has 1 heterocycles. The molecule has 0 bridgehead atoms. The van der Waals surface area contributed by atoms with Gasteiger partial charge < -0.3 is 9.52 Å². The fraction of sp³-hybridized carbons (Fsp3) is 0.667. The summed E-state index contributed by atoms with van der Waals surface area (Å²) in [5.41, 5.74) is 0.547. The first-order valence-electron chi connectivity index (χ1n) is 5.57. The third kappa shape index (κ3) is 0.850. The highest BCUT2D eigenvalue weighted by atomic mass is 16.3. The molecule has 2 heteroatoms. The highest BCUT2D eigenvalue weighted by Gasteiger charge is 2.67. The topological polar surface area (TPSA) is 33.4 Å². The van der Waals surface area contributed by atoms with Crippen molar-refractivity contribution >= 4 is 0 Å². The summed E-state index contributed by atoms with van der Waals surface area (Å²) >= 11 is 0. The third-order valence-electron chi connectivity index (χ3n) is 4.04. The van der Waals surface area contributed by atoms with Gasteiger partial charge in [-0.25, -0.2) is 0 Å². The molecule has 76 valence electrons. The molecule has 0 radical (unpaired) electrons. The van der Waals surface area contributed by atoms with Crippen LogP contribution in [0.15, 0.2) is 16.7 Å². The lowest BCUT2D eigenvalue weighted by molar-refractivity contribution is 0.103. The number of hydrogen-bond acceptors (Lipinski definition) is 2. The van der Waals surface area contributed by atoms with E-state index in [0.29, 0.717) is 11.8 Å². The van der Waals surface area contributed by atoms with Crippen LogP contribution in [0.25, 0.3) is 0 Å². The van der Waals surface area contributed by atoms with Gasteiger partial charge in [-0.2, -0.15) is 0 Å². The SMILES string of the molecule is CCc1occc1C1(O)C2CCCC21. The highest BCUT2D eigenvalue weighted by molar-refractivity contribution is 5.35. The molecular weight excluding hydrogens is 176 g/mol. The second-order valence-corrected chi connectivity index (χ2v) is 4.58. The highest BCUT2D eigenvalue weighted by Crippen LogP contribution is 2.66. The second kappa shape index (κ2) is 2.63. The van der Waals surface area contributed by atoms with Gasteiger partial charge in [-0.1, -0.05) is 13.3 Å². The first-order chi connectivity index (χ1) is 6.78. The van der Waals surface area contributed by atoms with Gasteiger partial charge in [-0.05, 0) is 30.7 Å². The van der Waals surface area contributed by atoms with Crippen molar-refractivity contribution in [1.82, 2.24) is 0 Å². The normalized spacial score (nSPS) is 39.9. The van der Waals surface area contributed by atoms with Crippen molar-refractivity contribution in [1.29, 1.82) is 0 Å². The van der Waals surface area contributed by atoms with E-state index in [4.69, 9.17) is 4.42 Å². The van der Waals surface area contributed by atoms with Gasteiger partial charge in [0.1, 0.15) is 5.76 Å². The summed E-state index contributed by atoms with van der Waals surface area (Å²) in [5, 5.41) is 10.5. The first-order valence-corrected chi connectivity index (χ1v) is 5.57. The van der Waals surface area contributed by atoms with E-state index in [2.05, 4.69) is 6.92 Å². The Morgan fingerprint density at radius 2 is 2.21 bits per heavy atom. The van der Waals surface area contributed by atoms with Gasteiger partial charge in [0, 0.05) is 12.0 Å². The van der Waals surface area contributed by atoms with Crippen LogP contribution < -0.4 is 0 Å². The molecule has 0 amide bonds. The number of aryl methyl sites for hydroxylation is 1. The summed E-state index contributed by atoms with van der Waals surface area (Å²) < 4.78 is 5.39. The van der Waals surface area contributed by atoms with Crippen LogP contribution in [0.1, 0.15) is 37.5 Å². The van der Waals surface area contributed by atoms with Crippen molar-refractivity contribution in [2.75, 3.05) is 0 Å². The van der Waals surface area contributed by atoms with Crippen LogP contribution in [0, 0.1) is 11.8 Å². The number of rotatable bonds is 2. The maximum absolute atomic E-state index is 10.5. The molecule has 2 atom stereocenters. The Bertz CT molecular complexity index is 343. The molecule has 2 aliphatic carbocycles. The molecular formula is C12H16O2. The monoisotopic (exact) mass is 192 g/mol. The Morgan fingerprint density at radius 1 is 1.50 bits per heavy atom. The molecule has 1 N–H and O–H groups in total. The first kappa shape index (κ1) is 8.54. The second-order valence-electron chi connectivity index (χ2n) is 4.58. The van der Waals surface area contributed by atoms with Crippen molar-refractivity contribution in [3.63, 3.8) is 0 Å². The molecule has 1 aromatic rings. The van der Waals surface area contributed by atoms with Crippen molar-refractivity contribution in [3.05, 3.63) is 23.7 Å². The zero-order valence-electron chi connectivity index (χ0n) is 8.49. The zero-order chi connectivity index (χ0) is 9.76. The lowest BCUT2D eigenvalue weighted by Crippen LogP contribution is -2.13. The van der Waals surface area contributed by atoms with E-state index >= 15 is 0 Å². The van der Waals surface area contributed by atoms with Gasteiger partial charge in [0.05, 0.1) is 11.9 Å². The van der Waals surface area contributed by atoms with Gasteiger partial charge in [-0.3, -0.25) is 0 Å². The van der Waals surface area contributed by atoms with Gasteiger partial charge >= 0.3 is 0 Å². The summed E-state index contributed by atoms with van der Waals surface area (Å²) in [6.45, 7) is 2.07. The minimum atomic E-state index is -0.517. The zero-order valence-corrected chi connectivity index (χ0v) is 8.49. The van der Waals surface area contributed by atoms with E-state index in [-0.39, 0.29) is 0 Å². The molecule has 2 saturated carbocycles. The number of hydrogen-bond donors (Lipinski definition) is 1. The van der Waals surface area contributed by atoms with Gasteiger partial charge in [-0.15, -0.1) is 0 Å². The van der Waals surface area contributed by atoms with Crippen LogP contribution >= 0.6 is 0 Å². The summed E-state index contributed by atoms with van der Waals surface area (Å²) in [4.78, 5) is 0. The van der Waals surface area contributed by atoms with Crippen LogP contribution in [0.4, 0.5) is 0 Å². The Hall–Kier alpha value is -0.760. The van der Waals surface area contributed by atoms with Crippen LogP contribution in [0.3, 0.4) is 0 Å². The molecule has 0 aliphatic heterocycles. The Morgan fingerprint density at radius 3 is 2.86 bits per heavy atom. The number of fused-ring (bicyclic) bond motifs is 1. The number of furan rings is 1. The van der Waals surface area contributed by atoms with Gasteiger partial charge in [0.15, 0.2) is 0 Å². The van der Waals surface area contributed by atoms with Crippen LogP contribution in [-0.4, -0.2) is 5.11 Å². The van der Waals surface area contributed by atoms with E-state index in [9.17, 15) is 5.11 Å². The molecule has 0 aromatic carbocycles. The van der Waals surface area contributed by atoms with E-state index < -0.39 is 5.60 Å². The van der Waals surface area contributed by atoms with Crippen molar-refractivity contribution < 1.29 is 9.52 Å². The van der Waals surface area contributed by atoms with Crippen molar-refractivity contribution in [2.24, 2.45) is 11.8 Å². The molecule has 2 aliphatic rings. The lowest BCUT2D eigenvalue weighted by atomic mass is 9.99. The van der Waals surface area contributed by atoms with Crippen molar-refractivity contribution in [2.45, 2.75) is 38.2 Å². The Balaban J connectivity index is 1.96. The molecule has 3 rings (SSSR count). The van der Waals surface area contributed by atoms with Gasteiger partial charge in [0.2, 0.25) is 0 Å². The van der Waals surface area contributed by atoms with E-state index in [0.717, 1.165) is 17.7 Å². The quantitative estimate of drug-likeness (QED) is 0.780. The fourth-order valence-corrected chi connectivity index (χ4v) is 3.29. The number of aliphatic hydroxyl groups is 1. The third-order valence-corrected chi connectivity index (χ3v) is 4.04. The standard InChI is InChI=1S/C12H16O2/c1-2-11-10(6-7-14-11)12(13)8-4-3-5-9(8)12/h6-9,13H,2-5H2,1H3. The molecule has 14 heavy (non-hydrogen) atoms. The van der Waals surface area contributed by atoms with Crippen LogP contribution in [0.2, 0.25) is 0 Å². The molecule has 0 spiro atoms. The largest absolute Gasteiger partial charge is 0.469 e. The van der Waals surface area contributed by atoms with E-state index in [1.54, 1.807) is 6.26 Å². The Kier molecular flexibility index (Phi) is 1.61. The minimum absolute atomic E-state index is 0.517. The van der Waals surface area contributed by atoms with E-state index in [1.165, 1.54) is 19.3 Å². The van der Waals surface area contributed by atoms with E-state index in [1.807, 2.05) is 6.07 Å². The van der Waals surface area contributed by atoms with Gasteiger partial charge in [0.25, 0.3) is 0 Å². The predicted octanol–water partition coefficient (Wildman–Crippen LogP) is 2.46. The molecule has 2 fully saturated rings. The summed E-state index contributed by atoms with van der Waals surface area (Å²) in [5.74, 6) is 2.01. The molecule has 0 saturated heterocycles. The maximum atomic E-state index is 10.5. The smallest absolute Gasteiger partial charge is 0.109 e.